The van der Waals surface area contributed by atoms with E-state index in [9.17, 15) is 0 Å². The van der Waals surface area contributed by atoms with Crippen molar-refractivity contribution in [3.05, 3.63) is 107 Å². The van der Waals surface area contributed by atoms with E-state index in [0.717, 1.165) is 5.56 Å². The molecule has 1 atom stereocenters. The van der Waals surface area contributed by atoms with Crippen LogP contribution < -0.4 is 5.32 Å². The number of hydrogen-bond acceptors (Lipinski definition) is 2. The Bertz CT molecular complexity index is 830. The molecule has 0 saturated carbocycles. The van der Waals surface area contributed by atoms with E-state index in [-0.39, 0.29) is 6.04 Å². The molecule has 0 radical (unpaired) electrons. The number of rotatable bonds is 5. The van der Waals surface area contributed by atoms with Gasteiger partial charge in [0.2, 0.25) is 0 Å². The summed E-state index contributed by atoms with van der Waals surface area (Å²) in [6, 6.07) is 29.1. The molecular weight excluding hydrogens is 292 g/mol. The zero-order valence-corrected chi connectivity index (χ0v) is 13.7. The van der Waals surface area contributed by atoms with Crippen molar-refractivity contribution >= 4 is 0 Å². The van der Waals surface area contributed by atoms with Crippen molar-refractivity contribution < 1.29 is 0 Å². The molecule has 1 unspecified atom stereocenters. The minimum Gasteiger partial charge on any atom is -0.302 e. The predicted molar refractivity (Wildman–Crippen MR) is 97.5 cm³/mol. The van der Waals surface area contributed by atoms with Crippen LogP contribution in [0.2, 0.25) is 0 Å². The normalized spacial score (nSPS) is 11.7. The van der Waals surface area contributed by atoms with E-state index in [2.05, 4.69) is 66.8 Å². The number of nitriles is 1. The van der Waals surface area contributed by atoms with Crippen LogP contribution in [0.1, 0.15) is 33.9 Å². The third-order valence-corrected chi connectivity index (χ3v) is 4.11. The molecule has 0 aliphatic rings. The summed E-state index contributed by atoms with van der Waals surface area (Å²) in [5, 5.41) is 12.7. The van der Waals surface area contributed by atoms with E-state index in [0.29, 0.717) is 12.1 Å². The fraction of sp³-hybridized carbons (Fsp3) is 0.136. The summed E-state index contributed by atoms with van der Waals surface area (Å²) in [5.41, 5.74) is 5.54. The number of aryl methyl sites for hydroxylation is 1. The molecule has 3 aromatic carbocycles. The highest BCUT2D eigenvalue weighted by molar-refractivity contribution is 5.35. The van der Waals surface area contributed by atoms with Crippen molar-refractivity contribution in [2.24, 2.45) is 0 Å². The van der Waals surface area contributed by atoms with Gasteiger partial charge < -0.3 is 5.32 Å². The van der Waals surface area contributed by atoms with E-state index in [1.54, 1.807) is 0 Å². The third-order valence-electron chi connectivity index (χ3n) is 4.11. The maximum atomic E-state index is 9.05. The van der Waals surface area contributed by atoms with Crippen LogP contribution in [0.25, 0.3) is 0 Å². The van der Waals surface area contributed by atoms with Gasteiger partial charge in [0.1, 0.15) is 0 Å². The molecule has 0 fully saturated rings. The lowest BCUT2D eigenvalue weighted by molar-refractivity contribution is 0.605. The topological polar surface area (TPSA) is 35.8 Å². The summed E-state index contributed by atoms with van der Waals surface area (Å²) in [5.74, 6) is 0. The number of nitrogens with one attached hydrogen (secondary N) is 1. The summed E-state index contributed by atoms with van der Waals surface area (Å²) in [6.45, 7) is 2.81. The van der Waals surface area contributed by atoms with Crippen LogP contribution in [0.5, 0.6) is 0 Å². The third kappa shape index (κ3) is 3.90. The first-order valence-electron chi connectivity index (χ1n) is 8.10. The van der Waals surface area contributed by atoms with Gasteiger partial charge in [-0.2, -0.15) is 5.26 Å². The second kappa shape index (κ2) is 7.59. The first-order chi connectivity index (χ1) is 11.8. The molecule has 0 bridgehead atoms. The fourth-order valence-electron chi connectivity index (χ4n) is 2.80. The number of benzene rings is 3. The lowest BCUT2D eigenvalue weighted by Gasteiger charge is -2.20. The Kier molecular flexibility index (Phi) is 5.05. The first-order valence-corrected chi connectivity index (χ1v) is 8.10. The molecule has 1 N–H and O–H groups in total. The Morgan fingerprint density at radius 3 is 2.29 bits per heavy atom. The van der Waals surface area contributed by atoms with Gasteiger partial charge in [-0.3, -0.25) is 0 Å². The molecule has 0 saturated heterocycles. The number of hydrogen-bond donors (Lipinski definition) is 1. The van der Waals surface area contributed by atoms with Crippen molar-refractivity contribution in [1.29, 1.82) is 5.26 Å². The van der Waals surface area contributed by atoms with E-state index in [1.165, 1.54) is 16.7 Å². The zero-order chi connectivity index (χ0) is 16.8. The molecule has 2 nitrogen and oxygen atoms in total. The highest BCUT2D eigenvalue weighted by atomic mass is 14.9. The molecule has 0 aliphatic heterocycles. The van der Waals surface area contributed by atoms with E-state index in [1.807, 2.05) is 30.3 Å². The molecule has 0 spiro atoms. The summed E-state index contributed by atoms with van der Waals surface area (Å²) >= 11 is 0. The summed E-state index contributed by atoms with van der Waals surface area (Å²) in [6.07, 6.45) is 0. The van der Waals surface area contributed by atoms with Gasteiger partial charge in [-0.15, -0.1) is 0 Å². The molecule has 0 amide bonds. The maximum Gasteiger partial charge on any atom is 0.0991 e. The standard InChI is InChI=1S/C22H20N2/c1-17-10-12-21(13-11-17)22(20-8-3-2-4-9-20)24-16-19-7-5-6-18(14-19)15-23/h2-14,22,24H,16H2,1H3. The van der Waals surface area contributed by atoms with E-state index < -0.39 is 0 Å². The lowest BCUT2D eigenvalue weighted by atomic mass is 9.97. The van der Waals surface area contributed by atoms with E-state index in [4.69, 9.17) is 5.26 Å². The lowest BCUT2D eigenvalue weighted by Crippen LogP contribution is -2.22. The summed E-state index contributed by atoms with van der Waals surface area (Å²) in [4.78, 5) is 0. The Morgan fingerprint density at radius 1 is 0.875 bits per heavy atom. The summed E-state index contributed by atoms with van der Waals surface area (Å²) in [7, 11) is 0. The smallest absolute Gasteiger partial charge is 0.0991 e. The van der Waals surface area contributed by atoms with Crippen LogP contribution in [0, 0.1) is 18.3 Å². The van der Waals surface area contributed by atoms with Crippen molar-refractivity contribution in [3.8, 4) is 6.07 Å². The molecule has 118 valence electrons. The van der Waals surface area contributed by atoms with Crippen LogP contribution in [-0.2, 0) is 6.54 Å². The largest absolute Gasteiger partial charge is 0.302 e. The Balaban J connectivity index is 1.85. The molecule has 0 aromatic heterocycles. The Morgan fingerprint density at radius 2 is 1.58 bits per heavy atom. The Hall–Kier alpha value is -2.89. The van der Waals surface area contributed by atoms with E-state index >= 15 is 0 Å². The average molecular weight is 312 g/mol. The molecular formula is C22H20N2. The molecule has 3 aromatic rings. The van der Waals surface area contributed by atoms with Crippen LogP contribution >= 0.6 is 0 Å². The van der Waals surface area contributed by atoms with Gasteiger partial charge in [0.25, 0.3) is 0 Å². The predicted octanol–water partition coefficient (Wildman–Crippen LogP) is 4.75. The quantitative estimate of drug-likeness (QED) is 0.738. The van der Waals surface area contributed by atoms with Gasteiger partial charge in [-0.1, -0.05) is 72.3 Å². The minimum absolute atomic E-state index is 0.123. The second-order valence-electron chi connectivity index (χ2n) is 5.95. The molecule has 3 rings (SSSR count). The van der Waals surface area contributed by atoms with Crippen molar-refractivity contribution in [3.63, 3.8) is 0 Å². The average Bonchev–Trinajstić information content (AvgIpc) is 2.64. The van der Waals surface area contributed by atoms with Crippen molar-refractivity contribution in [2.75, 3.05) is 0 Å². The van der Waals surface area contributed by atoms with Gasteiger partial charge in [0.05, 0.1) is 17.7 Å². The van der Waals surface area contributed by atoms with Crippen LogP contribution in [0.3, 0.4) is 0 Å². The molecule has 24 heavy (non-hydrogen) atoms. The maximum absolute atomic E-state index is 9.05. The van der Waals surface area contributed by atoms with Crippen molar-refractivity contribution in [2.45, 2.75) is 19.5 Å². The van der Waals surface area contributed by atoms with Crippen molar-refractivity contribution in [1.82, 2.24) is 5.32 Å². The molecule has 0 heterocycles. The Labute approximate surface area is 143 Å². The minimum atomic E-state index is 0.123. The van der Waals surface area contributed by atoms with Gasteiger partial charge in [0.15, 0.2) is 0 Å². The fourth-order valence-corrected chi connectivity index (χ4v) is 2.80. The van der Waals surface area contributed by atoms with Gasteiger partial charge >= 0.3 is 0 Å². The molecule has 0 aliphatic carbocycles. The van der Waals surface area contributed by atoms with Crippen LogP contribution in [0.4, 0.5) is 0 Å². The summed E-state index contributed by atoms with van der Waals surface area (Å²) < 4.78 is 0. The number of nitrogens with zero attached hydrogens (tertiary/aromatic N) is 1. The van der Waals surface area contributed by atoms with Gasteiger partial charge in [0, 0.05) is 6.54 Å². The highest BCUT2D eigenvalue weighted by Gasteiger charge is 2.13. The SMILES string of the molecule is Cc1ccc(C(NCc2cccc(C#N)c2)c2ccccc2)cc1. The second-order valence-corrected chi connectivity index (χ2v) is 5.95. The zero-order valence-electron chi connectivity index (χ0n) is 13.7. The van der Waals surface area contributed by atoms with Gasteiger partial charge in [-0.05, 0) is 35.7 Å². The first kappa shape index (κ1) is 16.0. The van der Waals surface area contributed by atoms with Crippen LogP contribution in [0.15, 0.2) is 78.9 Å². The van der Waals surface area contributed by atoms with Gasteiger partial charge in [-0.25, -0.2) is 0 Å². The molecule has 2 heteroatoms. The van der Waals surface area contributed by atoms with Crippen LogP contribution in [-0.4, -0.2) is 0 Å². The highest BCUT2D eigenvalue weighted by Crippen LogP contribution is 2.23. The monoisotopic (exact) mass is 312 g/mol.